The molecule has 0 fully saturated rings. The Balaban J connectivity index is 2.13. The lowest BCUT2D eigenvalue weighted by molar-refractivity contribution is 0.0649. The van der Waals surface area contributed by atoms with E-state index in [-0.39, 0.29) is 21.3 Å². The lowest BCUT2D eigenvalue weighted by Crippen LogP contribution is -2.10. The second kappa shape index (κ2) is 7.53. The Morgan fingerprint density at radius 2 is 1.32 bits per heavy atom. The van der Waals surface area contributed by atoms with Gasteiger partial charge in [0.1, 0.15) is 22.0 Å². The lowest BCUT2D eigenvalue weighted by atomic mass is 10.1. The zero-order valence-corrected chi connectivity index (χ0v) is 15.1. The van der Waals surface area contributed by atoms with E-state index in [9.17, 15) is 28.2 Å². The molecule has 0 aliphatic heterocycles. The minimum Gasteiger partial charge on any atom is -0.478 e. The first-order valence-electron chi connectivity index (χ1n) is 7.99. The molecular weight excluding hydrogens is 384 g/mol. The zero-order valence-electron chi connectivity index (χ0n) is 14.3. The summed E-state index contributed by atoms with van der Waals surface area (Å²) in [5.74, 6) is -3.33. The predicted octanol–water partition coefficient (Wildman–Crippen LogP) is 3.71. The first-order chi connectivity index (χ1) is 13.3. The fourth-order valence-electron chi connectivity index (χ4n) is 2.62. The van der Waals surface area contributed by atoms with E-state index in [1.165, 1.54) is 48.5 Å². The minimum absolute atomic E-state index is 0.0452. The van der Waals surface area contributed by atoms with Gasteiger partial charge in [-0.05, 0) is 36.4 Å². The maximum absolute atomic E-state index is 12.9. The van der Waals surface area contributed by atoms with Crippen LogP contribution in [0.3, 0.4) is 0 Å². The third-order valence-corrected chi connectivity index (χ3v) is 5.69. The Labute approximate surface area is 160 Å². The number of rotatable bonds is 6. The third-order valence-electron chi connectivity index (χ3n) is 3.88. The minimum atomic E-state index is -3.94. The molecule has 0 aliphatic rings. The summed E-state index contributed by atoms with van der Waals surface area (Å²) in [6.07, 6.45) is 0. The summed E-state index contributed by atoms with van der Waals surface area (Å²) in [5.41, 5.74) is -1.03. The Morgan fingerprint density at radius 3 is 1.96 bits per heavy atom. The number of para-hydroxylation sites is 1. The van der Waals surface area contributed by atoms with Gasteiger partial charge in [-0.15, -0.1) is 0 Å². The van der Waals surface area contributed by atoms with E-state index in [2.05, 4.69) is 0 Å². The zero-order chi connectivity index (χ0) is 20.3. The van der Waals surface area contributed by atoms with Crippen LogP contribution in [-0.2, 0) is 9.84 Å². The third kappa shape index (κ3) is 3.58. The maximum atomic E-state index is 12.9. The van der Waals surface area contributed by atoms with E-state index in [0.717, 1.165) is 6.07 Å². The molecule has 7 nitrogen and oxygen atoms in total. The quantitative estimate of drug-likeness (QED) is 0.650. The van der Waals surface area contributed by atoms with Crippen LogP contribution >= 0.6 is 0 Å². The van der Waals surface area contributed by atoms with Gasteiger partial charge in [-0.1, -0.05) is 36.4 Å². The summed E-state index contributed by atoms with van der Waals surface area (Å²) in [7, 11) is -3.94. The SMILES string of the molecule is O=C(O)c1cccc(Oc2ccccc2S(=O)(=O)c2ccccc2)c1C(=O)O. The van der Waals surface area contributed by atoms with Crippen LogP contribution in [0.25, 0.3) is 0 Å². The van der Waals surface area contributed by atoms with Crippen LogP contribution in [0, 0.1) is 0 Å². The molecule has 0 unspecified atom stereocenters. The van der Waals surface area contributed by atoms with Crippen LogP contribution in [0.4, 0.5) is 0 Å². The predicted molar refractivity (Wildman–Crippen MR) is 98.8 cm³/mol. The van der Waals surface area contributed by atoms with Crippen LogP contribution in [0.5, 0.6) is 11.5 Å². The van der Waals surface area contributed by atoms with Gasteiger partial charge in [0.05, 0.1) is 10.5 Å². The molecule has 3 aromatic carbocycles. The largest absolute Gasteiger partial charge is 0.478 e. The Bertz CT molecular complexity index is 1150. The molecule has 0 spiro atoms. The molecule has 0 aliphatic carbocycles. The monoisotopic (exact) mass is 398 g/mol. The number of carbonyl (C=O) groups is 2. The summed E-state index contributed by atoms with van der Waals surface area (Å²) < 4.78 is 31.5. The fraction of sp³-hybridized carbons (Fsp3) is 0. The van der Waals surface area contributed by atoms with Crippen molar-refractivity contribution in [1.82, 2.24) is 0 Å². The van der Waals surface area contributed by atoms with E-state index in [1.54, 1.807) is 18.2 Å². The standard InChI is InChI=1S/C20H14O7S/c21-19(22)14-9-6-11-16(18(14)20(23)24)27-15-10-4-5-12-17(15)28(25,26)13-7-2-1-3-8-13/h1-12H,(H,21,22)(H,23,24). The topological polar surface area (TPSA) is 118 Å². The van der Waals surface area contributed by atoms with Crippen molar-refractivity contribution < 1.29 is 33.0 Å². The molecule has 0 aromatic heterocycles. The highest BCUT2D eigenvalue weighted by Gasteiger charge is 2.25. The smallest absolute Gasteiger partial charge is 0.340 e. The lowest BCUT2D eigenvalue weighted by Gasteiger charge is -2.14. The van der Waals surface area contributed by atoms with Crippen LogP contribution in [0.2, 0.25) is 0 Å². The van der Waals surface area contributed by atoms with E-state index >= 15 is 0 Å². The molecule has 8 heteroatoms. The highest BCUT2D eigenvalue weighted by atomic mass is 32.2. The molecule has 0 saturated heterocycles. The molecule has 0 amide bonds. The Morgan fingerprint density at radius 1 is 0.714 bits per heavy atom. The first-order valence-corrected chi connectivity index (χ1v) is 9.47. The van der Waals surface area contributed by atoms with Crippen molar-refractivity contribution >= 4 is 21.8 Å². The van der Waals surface area contributed by atoms with Crippen molar-refractivity contribution in [2.75, 3.05) is 0 Å². The second-order valence-corrected chi connectivity index (χ2v) is 7.57. The number of sulfone groups is 1. The van der Waals surface area contributed by atoms with Crippen molar-refractivity contribution in [3.63, 3.8) is 0 Å². The summed E-state index contributed by atoms with van der Waals surface area (Å²) >= 11 is 0. The van der Waals surface area contributed by atoms with Crippen LogP contribution in [-0.4, -0.2) is 30.6 Å². The molecule has 0 radical (unpaired) electrons. The van der Waals surface area contributed by atoms with Gasteiger partial charge in [-0.3, -0.25) is 0 Å². The van der Waals surface area contributed by atoms with Crippen molar-refractivity contribution in [3.05, 3.63) is 83.9 Å². The molecule has 142 valence electrons. The number of hydrogen-bond donors (Lipinski definition) is 2. The number of ether oxygens (including phenoxy) is 1. The molecule has 3 rings (SSSR count). The molecule has 2 N–H and O–H groups in total. The van der Waals surface area contributed by atoms with E-state index in [1.807, 2.05) is 0 Å². The maximum Gasteiger partial charge on any atom is 0.340 e. The van der Waals surface area contributed by atoms with Gasteiger partial charge in [-0.2, -0.15) is 0 Å². The number of hydrogen-bond acceptors (Lipinski definition) is 5. The van der Waals surface area contributed by atoms with E-state index < -0.39 is 32.9 Å². The van der Waals surface area contributed by atoms with Gasteiger partial charge < -0.3 is 14.9 Å². The van der Waals surface area contributed by atoms with E-state index in [0.29, 0.717) is 0 Å². The molecule has 28 heavy (non-hydrogen) atoms. The van der Waals surface area contributed by atoms with Gasteiger partial charge >= 0.3 is 11.9 Å². The number of carboxylic acid groups (broad SMARTS) is 2. The molecule has 0 saturated carbocycles. The average Bonchev–Trinajstić information content (AvgIpc) is 2.68. The van der Waals surface area contributed by atoms with Crippen molar-refractivity contribution in [2.45, 2.75) is 9.79 Å². The molecule has 0 bridgehead atoms. The van der Waals surface area contributed by atoms with Gasteiger partial charge in [0.25, 0.3) is 0 Å². The van der Waals surface area contributed by atoms with Crippen molar-refractivity contribution in [1.29, 1.82) is 0 Å². The number of benzene rings is 3. The summed E-state index contributed by atoms with van der Waals surface area (Å²) in [5, 5.41) is 18.6. The van der Waals surface area contributed by atoms with Gasteiger partial charge in [0.15, 0.2) is 0 Å². The second-order valence-electron chi connectivity index (χ2n) is 5.65. The Kier molecular flexibility index (Phi) is 5.14. The first kappa shape index (κ1) is 19.1. The number of carboxylic acids is 2. The molecule has 3 aromatic rings. The highest BCUT2D eigenvalue weighted by Crippen LogP contribution is 2.34. The molecule has 0 atom stereocenters. The summed E-state index contributed by atoms with van der Waals surface area (Å²) in [6.45, 7) is 0. The highest BCUT2D eigenvalue weighted by molar-refractivity contribution is 7.91. The van der Waals surface area contributed by atoms with E-state index in [4.69, 9.17) is 4.74 Å². The van der Waals surface area contributed by atoms with Gasteiger partial charge in [-0.25, -0.2) is 18.0 Å². The van der Waals surface area contributed by atoms with Crippen molar-refractivity contribution in [2.24, 2.45) is 0 Å². The Hall–Kier alpha value is -3.65. The summed E-state index contributed by atoms with van der Waals surface area (Å²) in [6, 6.07) is 17.2. The average molecular weight is 398 g/mol. The van der Waals surface area contributed by atoms with Gasteiger partial charge in [0.2, 0.25) is 9.84 Å². The normalized spacial score (nSPS) is 11.0. The van der Waals surface area contributed by atoms with Gasteiger partial charge in [0, 0.05) is 0 Å². The fourth-order valence-corrected chi connectivity index (χ4v) is 4.02. The molecule has 0 heterocycles. The van der Waals surface area contributed by atoms with Crippen LogP contribution in [0.15, 0.2) is 82.6 Å². The molecular formula is C20H14O7S. The van der Waals surface area contributed by atoms with Crippen LogP contribution in [0.1, 0.15) is 20.7 Å². The van der Waals surface area contributed by atoms with Crippen molar-refractivity contribution in [3.8, 4) is 11.5 Å². The van der Waals surface area contributed by atoms with Crippen LogP contribution < -0.4 is 4.74 Å². The summed E-state index contributed by atoms with van der Waals surface area (Å²) in [4.78, 5) is 22.8. The number of aromatic carboxylic acids is 2.